The minimum atomic E-state index is -0.695. The highest BCUT2D eigenvalue weighted by Gasteiger charge is 2.43. The normalized spacial score (nSPS) is 32.1. The summed E-state index contributed by atoms with van der Waals surface area (Å²) in [4.78, 5) is 0. The van der Waals surface area contributed by atoms with Gasteiger partial charge in [-0.3, -0.25) is 0 Å². The minimum Gasteiger partial charge on any atom is -0.385 e. The van der Waals surface area contributed by atoms with Gasteiger partial charge in [-0.05, 0) is 61.0 Å². The summed E-state index contributed by atoms with van der Waals surface area (Å²) in [5.41, 5.74) is 1.75. The summed E-state index contributed by atoms with van der Waals surface area (Å²) in [7, 11) is 0. The summed E-state index contributed by atoms with van der Waals surface area (Å²) in [6.07, 6.45) is 3.51. The largest absolute Gasteiger partial charge is 0.385 e. The van der Waals surface area contributed by atoms with Crippen molar-refractivity contribution in [3.8, 4) is 0 Å². The molecule has 0 bridgehead atoms. The summed E-state index contributed by atoms with van der Waals surface area (Å²) >= 11 is 7.62. The molecule has 1 saturated heterocycles. The van der Waals surface area contributed by atoms with E-state index in [1.54, 1.807) is 0 Å². The lowest BCUT2D eigenvalue weighted by Crippen LogP contribution is -2.42. The Kier molecular flexibility index (Phi) is 4.24. The highest BCUT2D eigenvalue weighted by atomic mass is 79.9. The van der Waals surface area contributed by atoms with Crippen LogP contribution in [0.5, 0.6) is 0 Å². The fraction of sp³-hybridized carbons (Fsp3) is 0.600. The van der Waals surface area contributed by atoms with Gasteiger partial charge in [0.2, 0.25) is 0 Å². The van der Waals surface area contributed by atoms with Crippen LogP contribution in [-0.4, -0.2) is 21.2 Å². The van der Waals surface area contributed by atoms with E-state index in [1.165, 1.54) is 23.5 Å². The van der Waals surface area contributed by atoms with Gasteiger partial charge in [0.25, 0.3) is 0 Å². The van der Waals surface area contributed by atoms with Gasteiger partial charge in [0, 0.05) is 10.4 Å². The van der Waals surface area contributed by atoms with Gasteiger partial charge in [0.1, 0.15) is 0 Å². The molecular weight excluding hydrogens is 340 g/mol. The van der Waals surface area contributed by atoms with Crippen LogP contribution in [-0.2, 0) is 12.0 Å². The number of hydrogen-bond acceptors (Lipinski definition) is 3. The Morgan fingerprint density at radius 3 is 2.79 bits per heavy atom. The van der Waals surface area contributed by atoms with Crippen molar-refractivity contribution in [2.75, 3.05) is 11.5 Å². The smallest absolute Gasteiger partial charge is 0.0918 e. The van der Waals surface area contributed by atoms with Crippen molar-refractivity contribution in [3.63, 3.8) is 0 Å². The molecule has 1 fully saturated rings. The van der Waals surface area contributed by atoms with Crippen molar-refractivity contribution in [2.45, 2.75) is 36.4 Å². The minimum absolute atomic E-state index is 0.365. The predicted octanol–water partition coefficient (Wildman–Crippen LogP) is 4.42. The molecule has 1 aromatic rings. The van der Waals surface area contributed by atoms with Gasteiger partial charge >= 0.3 is 0 Å². The summed E-state index contributed by atoms with van der Waals surface area (Å²) in [5, 5.41) is 11.1. The van der Waals surface area contributed by atoms with Gasteiger partial charge in [-0.15, -0.1) is 23.5 Å². The number of benzene rings is 1. The number of rotatable bonds is 1. The van der Waals surface area contributed by atoms with Crippen LogP contribution in [0.15, 0.2) is 22.7 Å². The Morgan fingerprint density at radius 1 is 1.32 bits per heavy atom. The number of aliphatic hydroxyl groups is 1. The van der Waals surface area contributed by atoms with Crippen molar-refractivity contribution >= 4 is 39.5 Å². The van der Waals surface area contributed by atoms with Gasteiger partial charge in [0.05, 0.1) is 10.2 Å². The molecule has 0 spiro atoms. The Balaban J connectivity index is 1.93. The lowest BCUT2D eigenvalue weighted by Gasteiger charge is -2.43. The van der Waals surface area contributed by atoms with Gasteiger partial charge in [-0.2, -0.15) is 0 Å². The molecule has 1 aromatic carbocycles. The molecule has 4 heteroatoms. The molecule has 1 aliphatic heterocycles. The molecule has 1 aliphatic carbocycles. The van der Waals surface area contributed by atoms with Crippen molar-refractivity contribution in [3.05, 3.63) is 33.8 Å². The van der Waals surface area contributed by atoms with Crippen LogP contribution >= 0.6 is 39.5 Å². The Morgan fingerprint density at radius 2 is 2.05 bits per heavy atom. The molecule has 0 aromatic heterocycles. The van der Waals surface area contributed by atoms with Crippen LogP contribution in [0, 0.1) is 5.92 Å². The second kappa shape index (κ2) is 5.63. The number of hydrogen-bond donors (Lipinski definition) is 1. The first-order chi connectivity index (χ1) is 9.09. The molecule has 2 aliphatic rings. The van der Waals surface area contributed by atoms with E-state index in [0.717, 1.165) is 22.9 Å². The van der Waals surface area contributed by atoms with Crippen LogP contribution in [0.4, 0.5) is 0 Å². The molecule has 0 saturated carbocycles. The SMILES string of the molecule is C[C@]1(O)c2cc(Br)ccc2CC[C@H]1C1SCCCS1. The standard InChI is InChI=1S/C15H19BrOS2/c1-15(17)12(14-18-7-2-8-19-14)6-4-10-3-5-11(16)9-13(10)15/h3,5,9,12,14,17H,2,4,6-8H2,1H3/t12-,15+/m0/s1. The van der Waals surface area contributed by atoms with Crippen LogP contribution in [0.25, 0.3) is 0 Å². The molecule has 3 rings (SSSR count). The molecule has 1 heterocycles. The molecule has 0 unspecified atom stereocenters. The average Bonchev–Trinajstić information content (AvgIpc) is 2.40. The first-order valence-electron chi connectivity index (χ1n) is 6.83. The van der Waals surface area contributed by atoms with Gasteiger partial charge in [-0.1, -0.05) is 22.0 Å². The fourth-order valence-corrected chi connectivity index (χ4v) is 7.03. The van der Waals surface area contributed by atoms with Crippen molar-refractivity contribution in [1.82, 2.24) is 0 Å². The Hall–Kier alpha value is 0.360. The molecule has 19 heavy (non-hydrogen) atoms. The number of fused-ring (bicyclic) bond motifs is 1. The lowest BCUT2D eigenvalue weighted by molar-refractivity contribution is -0.0105. The summed E-state index contributed by atoms with van der Waals surface area (Å²) in [6, 6.07) is 6.35. The zero-order valence-electron chi connectivity index (χ0n) is 11.1. The first-order valence-corrected chi connectivity index (χ1v) is 9.72. The maximum absolute atomic E-state index is 11.1. The topological polar surface area (TPSA) is 20.2 Å². The van der Waals surface area contributed by atoms with Crippen LogP contribution in [0.1, 0.15) is 30.9 Å². The van der Waals surface area contributed by atoms with E-state index in [2.05, 4.69) is 34.1 Å². The van der Waals surface area contributed by atoms with Crippen LogP contribution in [0.3, 0.4) is 0 Å². The Bertz CT molecular complexity index is 469. The first kappa shape index (κ1) is 14.3. The summed E-state index contributed by atoms with van der Waals surface area (Å²) in [6.45, 7) is 2.01. The fourth-order valence-electron chi connectivity index (χ4n) is 3.17. The Labute approximate surface area is 132 Å². The number of halogens is 1. The van der Waals surface area contributed by atoms with E-state index >= 15 is 0 Å². The third-order valence-corrected chi connectivity index (χ3v) is 7.92. The zero-order chi connectivity index (χ0) is 13.5. The van der Waals surface area contributed by atoms with Crippen molar-refractivity contribution < 1.29 is 5.11 Å². The van der Waals surface area contributed by atoms with E-state index in [-0.39, 0.29) is 0 Å². The molecular formula is C15H19BrOS2. The maximum Gasteiger partial charge on any atom is 0.0918 e. The number of aryl methyl sites for hydroxylation is 1. The summed E-state index contributed by atoms with van der Waals surface area (Å²) in [5.74, 6) is 2.86. The molecule has 104 valence electrons. The van der Waals surface area contributed by atoms with E-state index < -0.39 is 5.60 Å². The van der Waals surface area contributed by atoms with E-state index in [4.69, 9.17) is 0 Å². The average molecular weight is 359 g/mol. The molecule has 1 N–H and O–H groups in total. The second-order valence-corrected chi connectivity index (χ2v) is 9.27. The molecule has 1 nitrogen and oxygen atoms in total. The number of thioether (sulfide) groups is 2. The van der Waals surface area contributed by atoms with E-state index in [9.17, 15) is 5.11 Å². The second-order valence-electron chi connectivity index (χ2n) is 5.56. The monoisotopic (exact) mass is 358 g/mol. The highest BCUT2D eigenvalue weighted by molar-refractivity contribution is 9.10. The van der Waals surface area contributed by atoms with Crippen molar-refractivity contribution in [2.24, 2.45) is 5.92 Å². The quantitative estimate of drug-likeness (QED) is 0.802. The third-order valence-electron chi connectivity index (χ3n) is 4.25. The van der Waals surface area contributed by atoms with Gasteiger partial charge < -0.3 is 5.11 Å². The highest BCUT2D eigenvalue weighted by Crippen LogP contribution is 2.49. The van der Waals surface area contributed by atoms with Gasteiger partial charge in [-0.25, -0.2) is 0 Å². The van der Waals surface area contributed by atoms with E-state index in [0.29, 0.717) is 10.5 Å². The molecule has 0 radical (unpaired) electrons. The lowest BCUT2D eigenvalue weighted by atomic mass is 9.73. The van der Waals surface area contributed by atoms with Crippen molar-refractivity contribution in [1.29, 1.82) is 0 Å². The van der Waals surface area contributed by atoms with Crippen LogP contribution in [0.2, 0.25) is 0 Å². The zero-order valence-corrected chi connectivity index (χ0v) is 14.3. The third kappa shape index (κ3) is 2.74. The molecule has 0 amide bonds. The van der Waals surface area contributed by atoms with Gasteiger partial charge in [0.15, 0.2) is 0 Å². The maximum atomic E-state index is 11.1. The predicted molar refractivity (Wildman–Crippen MR) is 88.8 cm³/mol. The van der Waals surface area contributed by atoms with Crippen LogP contribution < -0.4 is 0 Å². The summed E-state index contributed by atoms with van der Waals surface area (Å²) < 4.78 is 1.62. The molecule has 2 atom stereocenters. The van der Waals surface area contributed by atoms with E-state index in [1.807, 2.05) is 30.4 Å².